The third kappa shape index (κ3) is 6.61. The number of methoxy groups -OCH3 is 1. The third-order valence-corrected chi connectivity index (χ3v) is 3.10. The van der Waals surface area contributed by atoms with Gasteiger partial charge < -0.3 is 9.47 Å². The summed E-state index contributed by atoms with van der Waals surface area (Å²) in [5.41, 5.74) is 0.512. The number of hydrogen-bond donors (Lipinski definition) is 1. The van der Waals surface area contributed by atoms with Gasteiger partial charge in [-0.05, 0) is 31.5 Å². The minimum Gasteiger partial charge on any atom is -0.497 e. The van der Waals surface area contributed by atoms with Crippen LogP contribution in [0.5, 0.6) is 5.75 Å². The lowest BCUT2D eigenvalue weighted by molar-refractivity contribution is 0.0966. The largest absolute Gasteiger partial charge is 0.497 e. The molecule has 0 fully saturated rings. The van der Waals surface area contributed by atoms with Crippen molar-refractivity contribution in [3.63, 3.8) is 0 Å². The number of nitrogens with zero attached hydrogens (tertiary/aromatic N) is 1. The van der Waals surface area contributed by atoms with Crippen molar-refractivity contribution in [1.82, 2.24) is 5.32 Å². The maximum Gasteiger partial charge on any atom is 0.291 e. The van der Waals surface area contributed by atoms with Crippen LogP contribution in [0.3, 0.4) is 0 Å². The Morgan fingerprint density at radius 3 is 2.73 bits per heavy atom. The van der Waals surface area contributed by atoms with Crippen LogP contribution < -0.4 is 10.1 Å². The second kappa shape index (κ2) is 10.7. The van der Waals surface area contributed by atoms with Gasteiger partial charge in [0.1, 0.15) is 5.75 Å². The summed E-state index contributed by atoms with van der Waals surface area (Å²) in [7, 11) is 1.57. The predicted molar refractivity (Wildman–Crippen MR) is 88.5 cm³/mol. The van der Waals surface area contributed by atoms with Crippen molar-refractivity contribution < 1.29 is 14.3 Å². The smallest absolute Gasteiger partial charge is 0.291 e. The van der Waals surface area contributed by atoms with Gasteiger partial charge in [0.2, 0.25) is 0 Å². The zero-order chi connectivity index (χ0) is 16.2. The fourth-order valence-electron chi connectivity index (χ4n) is 1.91. The number of nitrogens with one attached hydrogen (secondary N) is 1. The SMILES string of the molecule is CCCCCCN=C(NC(=O)c1cccc(OC)c1)OCC. The Labute approximate surface area is 132 Å². The first-order valence-corrected chi connectivity index (χ1v) is 7.83. The minimum absolute atomic E-state index is 0.250. The molecule has 5 heteroatoms. The first-order chi connectivity index (χ1) is 10.7. The van der Waals surface area contributed by atoms with E-state index in [0.717, 1.165) is 12.8 Å². The molecule has 0 spiro atoms. The van der Waals surface area contributed by atoms with Gasteiger partial charge in [0.05, 0.1) is 13.7 Å². The molecular formula is C17H26N2O3. The number of unbranched alkanes of at least 4 members (excludes halogenated alkanes) is 3. The zero-order valence-electron chi connectivity index (χ0n) is 13.7. The lowest BCUT2D eigenvalue weighted by Gasteiger charge is -2.10. The summed E-state index contributed by atoms with van der Waals surface area (Å²) in [6.45, 7) is 5.16. The van der Waals surface area contributed by atoms with Gasteiger partial charge in [-0.3, -0.25) is 10.1 Å². The fourth-order valence-corrected chi connectivity index (χ4v) is 1.91. The topological polar surface area (TPSA) is 59.9 Å². The Morgan fingerprint density at radius 2 is 2.05 bits per heavy atom. The second-order valence-corrected chi connectivity index (χ2v) is 4.87. The standard InChI is InChI=1S/C17H26N2O3/c1-4-6-7-8-12-18-17(22-5-2)19-16(20)14-10-9-11-15(13-14)21-3/h9-11,13H,4-8,12H2,1-3H3,(H,18,19,20). The van der Waals surface area contributed by atoms with E-state index >= 15 is 0 Å². The van der Waals surface area contributed by atoms with Crippen LogP contribution in [0, 0.1) is 0 Å². The number of rotatable bonds is 8. The highest BCUT2D eigenvalue weighted by Crippen LogP contribution is 2.12. The van der Waals surface area contributed by atoms with E-state index in [1.54, 1.807) is 31.4 Å². The van der Waals surface area contributed by atoms with E-state index in [0.29, 0.717) is 24.5 Å². The highest BCUT2D eigenvalue weighted by molar-refractivity contribution is 6.04. The molecule has 0 aliphatic carbocycles. The Bertz CT molecular complexity index is 487. The van der Waals surface area contributed by atoms with E-state index in [1.807, 2.05) is 6.92 Å². The van der Waals surface area contributed by atoms with Crippen LogP contribution in [0.4, 0.5) is 0 Å². The average molecular weight is 306 g/mol. The quantitative estimate of drug-likeness (QED) is 0.455. The lowest BCUT2D eigenvalue weighted by Crippen LogP contribution is -2.32. The summed E-state index contributed by atoms with van der Waals surface area (Å²) in [5, 5.41) is 2.71. The fraction of sp³-hybridized carbons (Fsp3) is 0.529. The van der Waals surface area contributed by atoms with Crippen molar-refractivity contribution in [2.75, 3.05) is 20.3 Å². The number of aliphatic imine (C=N–C) groups is 1. The molecule has 0 aromatic heterocycles. The van der Waals surface area contributed by atoms with E-state index in [4.69, 9.17) is 9.47 Å². The highest BCUT2D eigenvalue weighted by Gasteiger charge is 2.10. The first kappa shape index (κ1) is 18.0. The maximum atomic E-state index is 12.2. The number of carbonyl (C=O) groups excluding carboxylic acids is 1. The number of ether oxygens (including phenoxy) is 2. The van der Waals surface area contributed by atoms with Gasteiger partial charge in [0.15, 0.2) is 0 Å². The van der Waals surface area contributed by atoms with E-state index in [-0.39, 0.29) is 11.9 Å². The van der Waals surface area contributed by atoms with Gasteiger partial charge in [-0.15, -0.1) is 0 Å². The Kier molecular flexibility index (Phi) is 8.72. The van der Waals surface area contributed by atoms with E-state index in [9.17, 15) is 4.79 Å². The summed E-state index contributed by atoms with van der Waals surface area (Å²) in [6, 6.07) is 7.26. The van der Waals surface area contributed by atoms with Crippen LogP contribution in [0.15, 0.2) is 29.3 Å². The van der Waals surface area contributed by atoms with Crippen molar-refractivity contribution >= 4 is 11.9 Å². The molecule has 0 bridgehead atoms. The van der Waals surface area contributed by atoms with Crippen LogP contribution in [0.1, 0.15) is 49.9 Å². The van der Waals surface area contributed by atoms with Gasteiger partial charge in [0.25, 0.3) is 11.9 Å². The van der Waals surface area contributed by atoms with Gasteiger partial charge in [-0.25, -0.2) is 4.99 Å². The predicted octanol–water partition coefficient (Wildman–Crippen LogP) is 3.40. The van der Waals surface area contributed by atoms with Crippen LogP contribution >= 0.6 is 0 Å². The van der Waals surface area contributed by atoms with E-state index < -0.39 is 0 Å². The molecule has 0 unspecified atom stereocenters. The molecule has 0 saturated heterocycles. The molecule has 0 radical (unpaired) electrons. The minimum atomic E-state index is -0.250. The van der Waals surface area contributed by atoms with Crippen molar-refractivity contribution in [1.29, 1.82) is 0 Å². The summed E-state index contributed by atoms with van der Waals surface area (Å²) in [4.78, 5) is 16.5. The van der Waals surface area contributed by atoms with Crippen molar-refractivity contribution in [2.24, 2.45) is 4.99 Å². The Balaban J connectivity index is 2.60. The van der Waals surface area contributed by atoms with E-state index in [1.165, 1.54) is 12.8 Å². The molecule has 1 rings (SSSR count). The second-order valence-electron chi connectivity index (χ2n) is 4.87. The zero-order valence-corrected chi connectivity index (χ0v) is 13.7. The number of amides is 1. The molecule has 1 amide bonds. The Hall–Kier alpha value is -2.04. The average Bonchev–Trinajstić information content (AvgIpc) is 2.54. The molecule has 0 aliphatic rings. The summed E-state index contributed by atoms with van der Waals surface area (Å²) in [6.07, 6.45) is 4.53. The monoisotopic (exact) mass is 306 g/mol. The normalized spacial score (nSPS) is 11.1. The van der Waals surface area contributed by atoms with Gasteiger partial charge in [-0.2, -0.15) is 0 Å². The molecular weight excluding hydrogens is 280 g/mol. The molecule has 0 heterocycles. The van der Waals surface area contributed by atoms with Gasteiger partial charge >= 0.3 is 0 Å². The van der Waals surface area contributed by atoms with Crippen LogP contribution in [0.2, 0.25) is 0 Å². The number of carbonyl (C=O) groups is 1. The molecule has 5 nitrogen and oxygen atoms in total. The number of hydrogen-bond acceptors (Lipinski definition) is 4. The van der Waals surface area contributed by atoms with Crippen molar-refractivity contribution in [3.8, 4) is 5.75 Å². The first-order valence-electron chi connectivity index (χ1n) is 7.83. The molecule has 1 aromatic rings. The van der Waals surface area contributed by atoms with E-state index in [2.05, 4.69) is 17.2 Å². The Morgan fingerprint density at radius 1 is 1.23 bits per heavy atom. The lowest BCUT2D eigenvalue weighted by atomic mass is 10.2. The molecule has 0 saturated carbocycles. The third-order valence-electron chi connectivity index (χ3n) is 3.10. The molecule has 0 aliphatic heterocycles. The maximum absolute atomic E-state index is 12.2. The van der Waals surface area contributed by atoms with Crippen LogP contribution in [-0.2, 0) is 4.74 Å². The summed E-state index contributed by atoms with van der Waals surface area (Å²) in [5.74, 6) is 0.391. The number of benzene rings is 1. The molecule has 1 N–H and O–H groups in total. The van der Waals surface area contributed by atoms with Crippen LogP contribution in [0.25, 0.3) is 0 Å². The van der Waals surface area contributed by atoms with Crippen molar-refractivity contribution in [3.05, 3.63) is 29.8 Å². The van der Waals surface area contributed by atoms with Crippen LogP contribution in [-0.4, -0.2) is 32.2 Å². The highest BCUT2D eigenvalue weighted by atomic mass is 16.5. The van der Waals surface area contributed by atoms with Gasteiger partial charge in [0, 0.05) is 12.1 Å². The molecule has 122 valence electrons. The summed E-state index contributed by atoms with van der Waals surface area (Å²) < 4.78 is 10.5. The van der Waals surface area contributed by atoms with Crippen molar-refractivity contribution in [2.45, 2.75) is 39.5 Å². The number of amidine groups is 1. The molecule has 0 atom stereocenters. The van der Waals surface area contributed by atoms with Gasteiger partial charge in [-0.1, -0.05) is 32.3 Å². The molecule has 1 aromatic carbocycles. The molecule has 22 heavy (non-hydrogen) atoms. The summed E-state index contributed by atoms with van der Waals surface area (Å²) >= 11 is 0.